The summed E-state index contributed by atoms with van der Waals surface area (Å²) in [7, 11) is 1.29. The number of fused-ring (bicyclic) bond motifs is 3. The third kappa shape index (κ3) is 9.95. The van der Waals surface area contributed by atoms with Gasteiger partial charge in [0.15, 0.2) is 17.9 Å². The number of carbonyl (C=O) groups excluding carboxylic acids is 8. The predicted molar refractivity (Wildman–Crippen MR) is 251 cm³/mol. The standard InChI is InChI=1S/C49H55N5O17S/c1-23(51-47(65)30-21-72-22-54(30)48(66)69-20-25-9-5-4-6-10-25)45(63)50-18-34(57)53-14-8-12-29(53)46(64)52-28-15-35(70-24(2)40(28)58)71-32-17-49(67,33(56)19-55)16-27-37(32)44(62)39-38(42(27)60)41(59)26-11-7-13-31(68-3)36(26)43(39)61/h4-7,9-11,13,23-24,28-30,32,35,40,55,58,60,62,67H,8,12,14-22H2,1-3H3,(H,50,63)(H,51,65)(H,52,64)/t23-,24?,28?,29-,30-,32-,35?,40?,49-/m0/s1. The second-order valence-corrected chi connectivity index (χ2v) is 19.3. The predicted octanol–water partition coefficient (Wildman–Crippen LogP) is 0.482. The first kappa shape index (κ1) is 51.7. The van der Waals surface area contributed by atoms with Crippen molar-refractivity contribution in [3.05, 3.63) is 87.5 Å². The molecule has 72 heavy (non-hydrogen) atoms. The molecule has 0 saturated carbocycles. The van der Waals surface area contributed by atoms with E-state index in [0.29, 0.717) is 6.42 Å². The monoisotopic (exact) mass is 1020 g/mol. The number of aromatic hydroxyl groups is 2. The molecule has 9 atom stereocenters. The summed E-state index contributed by atoms with van der Waals surface area (Å²) in [5, 5.41) is 64.2. The molecule has 3 fully saturated rings. The van der Waals surface area contributed by atoms with Gasteiger partial charge in [-0.1, -0.05) is 42.5 Å². The van der Waals surface area contributed by atoms with Crippen LogP contribution in [0.1, 0.15) is 94.2 Å². The summed E-state index contributed by atoms with van der Waals surface area (Å²) in [4.78, 5) is 110. The highest BCUT2D eigenvalue weighted by Crippen LogP contribution is 2.52. The summed E-state index contributed by atoms with van der Waals surface area (Å²) >= 11 is 1.35. The molecule has 0 radical (unpaired) electrons. The number of nitrogens with one attached hydrogen (secondary N) is 3. The van der Waals surface area contributed by atoms with Gasteiger partial charge in [-0.05, 0) is 38.3 Å². The fourth-order valence-electron chi connectivity index (χ4n) is 9.91. The van der Waals surface area contributed by atoms with Crippen LogP contribution in [0.2, 0.25) is 0 Å². The minimum atomic E-state index is -2.41. The number of hydrogen-bond donors (Lipinski definition) is 8. The second kappa shape index (κ2) is 21.2. The van der Waals surface area contributed by atoms with Crippen molar-refractivity contribution in [3.63, 3.8) is 0 Å². The van der Waals surface area contributed by atoms with Crippen LogP contribution in [-0.2, 0) is 51.2 Å². The molecule has 8 rings (SSSR count). The number of aliphatic hydroxyl groups excluding tert-OH is 2. The number of methoxy groups -OCH3 is 1. The van der Waals surface area contributed by atoms with Crippen molar-refractivity contribution in [1.29, 1.82) is 0 Å². The number of carbonyl (C=O) groups is 8. The van der Waals surface area contributed by atoms with Gasteiger partial charge < -0.3 is 65.3 Å². The number of ether oxygens (including phenoxy) is 4. The van der Waals surface area contributed by atoms with Gasteiger partial charge in [0.2, 0.25) is 29.4 Å². The second-order valence-electron chi connectivity index (χ2n) is 18.3. The quantitative estimate of drug-likeness (QED) is 0.0797. The van der Waals surface area contributed by atoms with E-state index in [9.17, 15) is 63.9 Å². The number of benzene rings is 3. The molecule has 0 spiro atoms. The lowest BCUT2D eigenvalue weighted by atomic mass is 9.72. The number of likely N-dealkylation sites (tertiary alicyclic amines) is 1. The molecule has 3 aromatic rings. The van der Waals surface area contributed by atoms with Gasteiger partial charge in [0.05, 0.1) is 54.5 Å². The minimum absolute atomic E-state index is 0.0156. The molecule has 0 aromatic heterocycles. The number of phenolic OH excluding ortho intramolecular Hbond substituents is 2. The fraction of sp³-hybridized carbons (Fsp3) is 0.469. The van der Waals surface area contributed by atoms with Crippen LogP contribution in [-0.4, -0.2) is 169 Å². The molecular formula is C49H55N5O17S. The molecule has 2 aliphatic carbocycles. The Kier molecular flexibility index (Phi) is 15.2. The molecule has 3 saturated heterocycles. The van der Waals surface area contributed by atoms with E-state index in [2.05, 4.69) is 16.0 Å². The highest BCUT2D eigenvalue weighted by atomic mass is 32.2. The van der Waals surface area contributed by atoms with Crippen molar-refractivity contribution in [3.8, 4) is 17.2 Å². The van der Waals surface area contributed by atoms with Crippen LogP contribution in [0.5, 0.6) is 17.2 Å². The van der Waals surface area contributed by atoms with Crippen LogP contribution < -0.4 is 20.7 Å². The summed E-state index contributed by atoms with van der Waals surface area (Å²) in [6.07, 6.45) is -6.91. The van der Waals surface area contributed by atoms with E-state index < -0.39 is 150 Å². The van der Waals surface area contributed by atoms with Gasteiger partial charge in [0, 0.05) is 48.3 Å². The van der Waals surface area contributed by atoms with Gasteiger partial charge in [-0.25, -0.2) is 4.79 Å². The SMILES string of the molecule is COc1cccc2c1C(=O)c1c(O)c3c(c(O)c1C2=O)C[C@@](O)(C(=O)CO)C[C@@H]3OC1CC(NC(=O)[C@@H]2CCCN2C(=O)CNC(=O)[C@H](C)NC(=O)[C@@H]2CSCN2C(=O)OCc2ccccc2)C(O)C(C)O1. The van der Waals surface area contributed by atoms with Crippen LogP contribution in [0.3, 0.4) is 0 Å². The molecule has 23 heteroatoms. The molecule has 4 unspecified atom stereocenters. The number of hydrogen-bond acceptors (Lipinski definition) is 18. The smallest absolute Gasteiger partial charge is 0.411 e. The molecule has 5 amide bonds. The summed E-state index contributed by atoms with van der Waals surface area (Å²) in [6, 6.07) is 9.15. The number of amides is 5. The fourth-order valence-corrected chi connectivity index (χ4v) is 11.1. The van der Waals surface area contributed by atoms with E-state index in [1.165, 1.54) is 60.7 Å². The van der Waals surface area contributed by atoms with Gasteiger partial charge >= 0.3 is 6.09 Å². The molecule has 3 aromatic carbocycles. The summed E-state index contributed by atoms with van der Waals surface area (Å²) in [5.74, 6) is -6.38. The number of phenols is 2. The van der Waals surface area contributed by atoms with Gasteiger partial charge in [0.25, 0.3) is 0 Å². The molecule has 5 aliphatic rings. The number of nitrogens with zero attached hydrogens (tertiary/aromatic N) is 2. The van der Waals surface area contributed by atoms with E-state index >= 15 is 0 Å². The Morgan fingerprint density at radius 1 is 0.944 bits per heavy atom. The van der Waals surface area contributed by atoms with Crippen molar-refractivity contribution in [1.82, 2.24) is 25.8 Å². The number of aliphatic hydroxyl groups is 3. The van der Waals surface area contributed by atoms with E-state index in [1.807, 2.05) is 6.07 Å². The lowest BCUT2D eigenvalue weighted by Crippen LogP contribution is -2.59. The average Bonchev–Trinajstić information content (AvgIpc) is 4.08. The Morgan fingerprint density at radius 3 is 2.40 bits per heavy atom. The van der Waals surface area contributed by atoms with E-state index in [0.717, 1.165) is 5.56 Å². The Hall–Kier alpha value is -6.63. The van der Waals surface area contributed by atoms with Crippen LogP contribution >= 0.6 is 11.8 Å². The highest BCUT2D eigenvalue weighted by Gasteiger charge is 2.51. The Morgan fingerprint density at radius 2 is 1.68 bits per heavy atom. The molecular weight excluding hydrogens is 963 g/mol. The van der Waals surface area contributed by atoms with Crippen molar-refractivity contribution in [2.45, 2.75) is 107 Å². The number of Topliss-reactive ketones (excluding diaryl/α,β-unsaturated/α-hetero) is 1. The molecule has 3 aliphatic heterocycles. The van der Waals surface area contributed by atoms with Crippen LogP contribution in [0.25, 0.3) is 0 Å². The molecule has 22 nitrogen and oxygen atoms in total. The maximum absolute atomic E-state index is 14.1. The zero-order valence-corrected chi connectivity index (χ0v) is 40.3. The first-order chi connectivity index (χ1) is 34.4. The Bertz CT molecular complexity index is 2690. The van der Waals surface area contributed by atoms with Crippen LogP contribution in [0, 0.1) is 0 Å². The lowest BCUT2D eigenvalue weighted by molar-refractivity contribution is -0.249. The number of ketones is 3. The van der Waals surface area contributed by atoms with Crippen LogP contribution in [0.15, 0.2) is 48.5 Å². The minimum Gasteiger partial charge on any atom is -0.507 e. The van der Waals surface area contributed by atoms with Crippen molar-refractivity contribution < 1.29 is 82.8 Å². The van der Waals surface area contributed by atoms with Crippen molar-refractivity contribution >= 4 is 58.8 Å². The summed E-state index contributed by atoms with van der Waals surface area (Å²) in [5.41, 5.74) is -3.62. The third-order valence-corrected chi connectivity index (χ3v) is 14.8. The highest BCUT2D eigenvalue weighted by molar-refractivity contribution is 7.99. The number of thioether (sulfide) groups is 1. The van der Waals surface area contributed by atoms with Crippen LogP contribution in [0.4, 0.5) is 4.79 Å². The molecule has 384 valence electrons. The zero-order chi connectivity index (χ0) is 51.8. The summed E-state index contributed by atoms with van der Waals surface area (Å²) < 4.78 is 23.0. The Balaban J connectivity index is 0.910. The van der Waals surface area contributed by atoms with Gasteiger partial charge in [0.1, 0.15) is 60.3 Å². The average molecular weight is 1020 g/mol. The van der Waals surface area contributed by atoms with Gasteiger partial charge in [-0.2, -0.15) is 0 Å². The molecule has 8 N–H and O–H groups in total. The largest absolute Gasteiger partial charge is 0.507 e. The van der Waals surface area contributed by atoms with Gasteiger partial charge in [-0.15, -0.1) is 11.8 Å². The maximum Gasteiger partial charge on any atom is 0.411 e. The topological polar surface area (TPSA) is 317 Å². The Labute approximate surface area is 416 Å². The lowest BCUT2D eigenvalue weighted by Gasteiger charge is -2.43. The van der Waals surface area contributed by atoms with E-state index in [4.69, 9.17) is 18.9 Å². The third-order valence-electron chi connectivity index (χ3n) is 13.8. The van der Waals surface area contributed by atoms with E-state index in [-0.39, 0.29) is 65.6 Å². The molecule has 0 bridgehead atoms. The first-order valence-electron chi connectivity index (χ1n) is 23.3. The van der Waals surface area contributed by atoms with Crippen molar-refractivity contribution in [2.75, 3.05) is 38.4 Å². The maximum atomic E-state index is 14.1. The van der Waals surface area contributed by atoms with Crippen molar-refractivity contribution in [2.24, 2.45) is 0 Å². The molecule has 3 heterocycles. The zero-order valence-electron chi connectivity index (χ0n) is 39.5. The normalized spacial score (nSPS) is 25.9. The van der Waals surface area contributed by atoms with E-state index in [1.54, 1.807) is 24.3 Å². The summed E-state index contributed by atoms with van der Waals surface area (Å²) in [6.45, 7) is 1.43. The number of rotatable bonds is 14. The van der Waals surface area contributed by atoms with Gasteiger partial charge in [-0.3, -0.25) is 38.5 Å². The first-order valence-corrected chi connectivity index (χ1v) is 24.5.